The van der Waals surface area contributed by atoms with E-state index in [2.05, 4.69) is 24.5 Å². The predicted octanol–water partition coefficient (Wildman–Crippen LogP) is 1.90. The summed E-state index contributed by atoms with van der Waals surface area (Å²) < 4.78 is 0. The van der Waals surface area contributed by atoms with Crippen molar-refractivity contribution in [3.63, 3.8) is 0 Å². The van der Waals surface area contributed by atoms with Crippen LogP contribution >= 0.6 is 0 Å². The lowest BCUT2D eigenvalue weighted by molar-refractivity contribution is -0.124. The van der Waals surface area contributed by atoms with Crippen molar-refractivity contribution in [2.45, 2.75) is 32.2 Å². The Morgan fingerprint density at radius 1 is 1.33 bits per heavy atom. The first-order valence-corrected chi connectivity index (χ1v) is 6.74. The average molecular weight is 246 g/mol. The normalized spacial score (nSPS) is 20.9. The molecule has 3 heteroatoms. The van der Waals surface area contributed by atoms with Crippen LogP contribution in [-0.4, -0.2) is 25.0 Å². The Kier molecular flexibility index (Phi) is 4.37. The van der Waals surface area contributed by atoms with Gasteiger partial charge in [-0.05, 0) is 24.4 Å². The van der Waals surface area contributed by atoms with Gasteiger partial charge in [0.25, 0.3) is 0 Å². The first-order valence-electron chi connectivity index (χ1n) is 6.74. The van der Waals surface area contributed by atoms with Gasteiger partial charge in [-0.3, -0.25) is 4.79 Å². The van der Waals surface area contributed by atoms with Crippen molar-refractivity contribution >= 4 is 5.91 Å². The quantitative estimate of drug-likeness (QED) is 0.852. The monoisotopic (exact) mass is 246 g/mol. The standard InChI is InChI=1S/C15H22N2O/c1-11(2)14(12-6-4-3-5-7-12)15(18)17-13-8-9-16-10-13/h3-7,11,13-14,16H,8-10H2,1-2H3,(H,17,18). The van der Waals surface area contributed by atoms with Gasteiger partial charge in [0.2, 0.25) is 5.91 Å². The molecule has 1 saturated heterocycles. The molecular weight excluding hydrogens is 224 g/mol. The third kappa shape index (κ3) is 3.10. The van der Waals surface area contributed by atoms with Crippen LogP contribution in [-0.2, 0) is 4.79 Å². The summed E-state index contributed by atoms with van der Waals surface area (Å²) in [5.41, 5.74) is 1.11. The first kappa shape index (κ1) is 13.1. The number of rotatable bonds is 4. The summed E-state index contributed by atoms with van der Waals surface area (Å²) in [5.74, 6) is 0.415. The predicted molar refractivity (Wildman–Crippen MR) is 73.4 cm³/mol. The molecule has 18 heavy (non-hydrogen) atoms. The molecule has 1 aliphatic rings. The number of hydrogen-bond donors (Lipinski definition) is 2. The lowest BCUT2D eigenvalue weighted by Gasteiger charge is -2.22. The Bertz CT molecular complexity index is 383. The maximum absolute atomic E-state index is 12.4. The van der Waals surface area contributed by atoms with Crippen LogP contribution in [0, 0.1) is 5.92 Å². The summed E-state index contributed by atoms with van der Waals surface area (Å²) in [6.45, 7) is 6.10. The maximum atomic E-state index is 12.4. The fourth-order valence-electron chi connectivity index (χ4n) is 2.57. The van der Waals surface area contributed by atoms with E-state index in [1.54, 1.807) is 0 Å². The zero-order valence-corrected chi connectivity index (χ0v) is 11.1. The summed E-state index contributed by atoms with van der Waals surface area (Å²) in [4.78, 5) is 12.4. The number of carbonyl (C=O) groups is 1. The van der Waals surface area contributed by atoms with Crippen LogP contribution in [0.1, 0.15) is 31.7 Å². The van der Waals surface area contributed by atoms with Crippen LogP contribution in [0.3, 0.4) is 0 Å². The minimum atomic E-state index is -0.0493. The molecule has 0 radical (unpaired) electrons. The molecule has 0 bridgehead atoms. The Morgan fingerprint density at radius 2 is 2.06 bits per heavy atom. The molecule has 2 unspecified atom stereocenters. The molecule has 1 aliphatic heterocycles. The second kappa shape index (κ2) is 6.01. The van der Waals surface area contributed by atoms with Gasteiger partial charge in [0.1, 0.15) is 0 Å². The van der Waals surface area contributed by atoms with Gasteiger partial charge >= 0.3 is 0 Å². The van der Waals surface area contributed by atoms with Crippen LogP contribution in [0.25, 0.3) is 0 Å². The van der Waals surface area contributed by atoms with Gasteiger partial charge in [0, 0.05) is 12.6 Å². The summed E-state index contributed by atoms with van der Waals surface area (Å²) in [5, 5.41) is 6.43. The van der Waals surface area contributed by atoms with Crippen molar-refractivity contribution in [3.05, 3.63) is 35.9 Å². The van der Waals surface area contributed by atoms with E-state index in [9.17, 15) is 4.79 Å². The molecule has 2 N–H and O–H groups in total. The van der Waals surface area contributed by atoms with Gasteiger partial charge in [-0.2, -0.15) is 0 Å². The average Bonchev–Trinajstić information content (AvgIpc) is 2.83. The van der Waals surface area contributed by atoms with E-state index in [1.165, 1.54) is 0 Å². The van der Waals surface area contributed by atoms with E-state index >= 15 is 0 Å². The van der Waals surface area contributed by atoms with Crippen LogP contribution in [0.15, 0.2) is 30.3 Å². The Balaban J connectivity index is 2.07. The smallest absolute Gasteiger partial charge is 0.228 e. The largest absolute Gasteiger partial charge is 0.352 e. The Morgan fingerprint density at radius 3 is 2.61 bits per heavy atom. The lowest BCUT2D eigenvalue weighted by atomic mass is 9.87. The van der Waals surface area contributed by atoms with E-state index in [-0.39, 0.29) is 11.8 Å². The zero-order chi connectivity index (χ0) is 13.0. The summed E-state index contributed by atoms with van der Waals surface area (Å²) in [7, 11) is 0. The number of carbonyl (C=O) groups excluding carboxylic acids is 1. The van der Waals surface area contributed by atoms with E-state index in [0.717, 1.165) is 25.1 Å². The van der Waals surface area contributed by atoms with Gasteiger partial charge in [0.05, 0.1) is 5.92 Å². The fourth-order valence-corrected chi connectivity index (χ4v) is 2.57. The molecule has 0 aromatic heterocycles. The van der Waals surface area contributed by atoms with Crippen LogP contribution in [0.5, 0.6) is 0 Å². The Hall–Kier alpha value is -1.35. The fraction of sp³-hybridized carbons (Fsp3) is 0.533. The maximum Gasteiger partial charge on any atom is 0.228 e. The highest BCUT2D eigenvalue weighted by molar-refractivity contribution is 5.84. The third-order valence-electron chi connectivity index (χ3n) is 3.51. The molecule has 0 aliphatic carbocycles. The van der Waals surface area contributed by atoms with Gasteiger partial charge in [0.15, 0.2) is 0 Å². The summed E-state index contributed by atoms with van der Waals surface area (Å²) in [6, 6.07) is 10.3. The van der Waals surface area contributed by atoms with Crippen molar-refractivity contribution in [2.24, 2.45) is 5.92 Å². The van der Waals surface area contributed by atoms with Crippen molar-refractivity contribution in [2.75, 3.05) is 13.1 Å². The van der Waals surface area contributed by atoms with Crippen LogP contribution < -0.4 is 10.6 Å². The SMILES string of the molecule is CC(C)C(C(=O)NC1CCNC1)c1ccccc1. The third-order valence-corrected chi connectivity index (χ3v) is 3.51. The highest BCUT2D eigenvalue weighted by atomic mass is 16.2. The highest BCUT2D eigenvalue weighted by Crippen LogP contribution is 2.24. The van der Waals surface area contributed by atoms with Crippen molar-refractivity contribution in [3.8, 4) is 0 Å². The zero-order valence-electron chi connectivity index (χ0n) is 11.1. The van der Waals surface area contributed by atoms with E-state index in [0.29, 0.717) is 12.0 Å². The van der Waals surface area contributed by atoms with Gasteiger partial charge in [-0.25, -0.2) is 0 Å². The second-order valence-corrected chi connectivity index (χ2v) is 5.33. The Labute approximate surface area is 109 Å². The molecule has 3 nitrogen and oxygen atoms in total. The molecule has 1 heterocycles. The number of nitrogens with one attached hydrogen (secondary N) is 2. The molecule has 98 valence electrons. The topological polar surface area (TPSA) is 41.1 Å². The van der Waals surface area contributed by atoms with Gasteiger partial charge in [-0.1, -0.05) is 44.2 Å². The highest BCUT2D eigenvalue weighted by Gasteiger charge is 2.26. The van der Waals surface area contributed by atoms with Crippen molar-refractivity contribution in [1.29, 1.82) is 0 Å². The van der Waals surface area contributed by atoms with Crippen molar-refractivity contribution in [1.82, 2.24) is 10.6 Å². The van der Waals surface area contributed by atoms with E-state index < -0.39 is 0 Å². The number of hydrogen-bond acceptors (Lipinski definition) is 2. The molecule has 2 rings (SSSR count). The molecule has 1 aromatic rings. The van der Waals surface area contributed by atoms with Crippen LogP contribution in [0.4, 0.5) is 0 Å². The molecule has 0 spiro atoms. The lowest BCUT2D eigenvalue weighted by Crippen LogP contribution is -2.40. The van der Waals surface area contributed by atoms with Gasteiger partial charge < -0.3 is 10.6 Å². The van der Waals surface area contributed by atoms with E-state index in [4.69, 9.17) is 0 Å². The molecule has 2 atom stereocenters. The minimum Gasteiger partial charge on any atom is -0.352 e. The van der Waals surface area contributed by atoms with E-state index in [1.807, 2.05) is 30.3 Å². The molecule has 1 aromatic carbocycles. The van der Waals surface area contributed by atoms with Crippen molar-refractivity contribution < 1.29 is 4.79 Å². The molecule has 1 fully saturated rings. The summed E-state index contributed by atoms with van der Waals surface area (Å²) >= 11 is 0. The molecular formula is C15H22N2O. The second-order valence-electron chi connectivity index (χ2n) is 5.33. The van der Waals surface area contributed by atoms with Gasteiger partial charge in [-0.15, -0.1) is 0 Å². The summed E-state index contributed by atoms with van der Waals surface area (Å²) in [6.07, 6.45) is 1.03. The molecule has 0 saturated carbocycles. The molecule has 1 amide bonds. The van der Waals surface area contributed by atoms with Crippen LogP contribution in [0.2, 0.25) is 0 Å². The first-order chi connectivity index (χ1) is 8.68. The minimum absolute atomic E-state index is 0.0493. The number of amides is 1. The number of benzene rings is 1.